The maximum absolute atomic E-state index is 12.3. The van der Waals surface area contributed by atoms with Gasteiger partial charge in [0.1, 0.15) is 12.4 Å². The van der Waals surface area contributed by atoms with Gasteiger partial charge in [-0.25, -0.2) is 0 Å². The van der Waals surface area contributed by atoms with Crippen LogP contribution >= 0.6 is 11.8 Å². The molecule has 7 heteroatoms. The van der Waals surface area contributed by atoms with Crippen LogP contribution in [-0.4, -0.2) is 32.5 Å². The second-order valence-corrected chi connectivity index (χ2v) is 7.99. The summed E-state index contributed by atoms with van der Waals surface area (Å²) in [5.41, 5.74) is 1.08. The quantitative estimate of drug-likeness (QED) is 0.511. The standard InChI is InChI=1S/C21H28N4O2S/c1-3-13-25-19(14-27-18-12-8-7-9-16(18)2)23-24-21(25)28-15-20(26)22-17-10-5-4-6-11-17/h3,7-9,12,17H,1,4-6,10-11,13-15H2,2H3,(H,22,26). The summed E-state index contributed by atoms with van der Waals surface area (Å²) in [6.07, 6.45) is 7.66. The smallest absolute Gasteiger partial charge is 0.230 e. The van der Waals surface area contributed by atoms with E-state index < -0.39 is 0 Å². The summed E-state index contributed by atoms with van der Waals surface area (Å²) >= 11 is 1.40. The van der Waals surface area contributed by atoms with Gasteiger partial charge in [-0.3, -0.25) is 9.36 Å². The molecule has 1 amide bonds. The van der Waals surface area contributed by atoms with Crippen molar-refractivity contribution >= 4 is 17.7 Å². The van der Waals surface area contributed by atoms with Gasteiger partial charge in [0.15, 0.2) is 11.0 Å². The highest BCUT2D eigenvalue weighted by atomic mass is 32.2. The Labute approximate surface area is 170 Å². The number of carbonyl (C=O) groups excluding carboxylic acids is 1. The fourth-order valence-electron chi connectivity index (χ4n) is 3.35. The SMILES string of the molecule is C=CCn1c(COc2ccccc2C)nnc1SCC(=O)NC1CCCCC1. The molecule has 1 heterocycles. The molecule has 1 saturated carbocycles. The second kappa shape index (κ2) is 10.3. The minimum absolute atomic E-state index is 0.0581. The number of aryl methyl sites for hydroxylation is 1. The lowest BCUT2D eigenvalue weighted by Gasteiger charge is -2.22. The summed E-state index contributed by atoms with van der Waals surface area (Å²) in [5, 5.41) is 12.4. The number of allylic oxidation sites excluding steroid dienone is 1. The predicted octanol–water partition coefficient (Wildman–Crippen LogP) is 3.89. The monoisotopic (exact) mass is 400 g/mol. The molecule has 1 aromatic heterocycles. The molecule has 3 rings (SSSR count). The van der Waals surface area contributed by atoms with Crippen molar-refractivity contribution in [3.8, 4) is 5.75 Å². The van der Waals surface area contributed by atoms with Gasteiger partial charge in [0, 0.05) is 12.6 Å². The van der Waals surface area contributed by atoms with Crippen LogP contribution in [0.15, 0.2) is 42.1 Å². The first-order valence-electron chi connectivity index (χ1n) is 9.81. The number of carbonyl (C=O) groups is 1. The Morgan fingerprint density at radius 1 is 1.32 bits per heavy atom. The highest BCUT2D eigenvalue weighted by Gasteiger charge is 2.18. The van der Waals surface area contributed by atoms with E-state index in [1.807, 2.05) is 35.8 Å². The largest absolute Gasteiger partial charge is 0.485 e. The molecule has 1 aliphatic rings. The van der Waals surface area contributed by atoms with Gasteiger partial charge in [-0.05, 0) is 31.4 Å². The minimum atomic E-state index is 0.0581. The lowest BCUT2D eigenvalue weighted by atomic mass is 9.95. The number of hydrogen-bond donors (Lipinski definition) is 1. The number of aromatic nitrogens is 3. The minimum Gasteiger partial charge on any atom is -0.485 e. The first-order valence-corrected chi connectivity index (χ1v) is 10.8. The Hall–Kier alpha value is -2.28. The first-order chi connectivity index (χ1) is 13.7. The Kier molecular flexibility index (Phi) is 7.54. The lowest BCUT2D eigenvalue weighted by Crippen LogP contribution is -2.37. The third-order valence-corrected chi connectivity index (χ3v) is 5.82. The third kappa shape index (κ3) is 5.61. The highest BCUT2D eigenvalue weighted by molar-refractivity contribution is 7.99. The van der Waals surface area contributed by atoms with Crippen LogP contribution in [0.5, 0.6) is 5.75 Å². The van der Waals surface area contributed by atoms with Crippen molar-refractivity contribution in [1.29, 1.82) is 0 Å². The molecule has 150 valence electrons. The van der Waals surface area contributed by atoms with Gasteiger partial charge in [0.2, 0.25) is 5.91 Å². The van der Waals surface area contributed by atoms with Crippen molar-refractivity contribution in [1.82, 2.24) is 20.1 Å². The summed E-state index contributed by atoms with van der Waals surface area (Å²) in [7, 11) is 0. The Bertz CT molecular complexity index is 799. The topological polar surface area (TPSA) is 69.0 Å². The average molecular weight is 401 g/mol. The highest BCUT2D eigenvalue weighted by Crippen LogP contribution is 2.21. The summed E-state index contributed by atoms with van der Waals surface area (Å²) in [6.45, 7) is 6.72. The number of para-hydroxylation sites is 1. The van der Waals surface area contributed by atoms with E-state index in [4.69, 9.17) is 4.74 Å². The number of nitrogens with one attached hydrogen (secondary N) is 1. The molecule has 1 aromatic carbocycles. The van der Waals surface area contributed by atoms with Crippen LogP contribution in [0, 0.1) is 6.92 Å². The summed E-state index contributed by atoms with van der Waals surface area (Å²) in [4.78, 5) is 12.3. The summed E-state index contributed by atoms with van der Waals surface area (Å²) in [5.74, 6) is 1.95. The molecule has 0 saturated heterocycles. The van der Waals surface area contributed by atoms with Crippen LogP contribution in [0.1, 0.15) is 43.5 Å². The molecule has 0 unspecified atom stereocenters. The first kappa shape index (κ1) is 20.5. The molecule has 1 fully saturated rings. The molecule has 0 bridgehead atoms. The van der Waals surface area contributed by atoms with Gasteiger partial charge in [0.25, 0.3) is 0 Å². The van der Waals surface area contributed by atoms with Crippen LogP contribution in [0.2, 0.25) is 0 Å². The number of hydrogen-bond acceptors (Lipinski definition) is 5. The summed E-state index contributed by atoms with van der Waals surface area (Å²) < 4.78 is 7.85. The molecular weight excluding hydrogens is 372 g/mol. The number of nitrogens with zero attached hydrogens (tertiary/aromatic N) is 3. The molecule has 1 aliphatic carbocycles. The van der Waals surface area contributed by atoms with Gasteiger partial charge in [-0.1, -0.05) is 55.3 Å². The molecule has 0 spiro atoms. The number of amides is 1. The maximum atomic E-state index is 12.3. The van der Waals surface area contributed by atoms with Gasteiger partial charge in [-0.15, -0.1) is 16.8 Å². The van der Waals surface area contributed by atoms with Crippen LogP contribution in [0.4, 0.5) is 0 Å². The maximum Gasteiger partial charge on any atom is 0.230 e. The number of ether oxygens (including phenoxy) is 1. The van der Waals surface area contributed by atoms with Crippen molar-refractivity contribution in [2.45, 2.75) is 63.4 Å². The van der Waals surface area contributed by atoms with E-state index in [1.165, 1.54) is 31.0 Å². The van der Waals surface area contributed by atoms with E-state index in [0.717, 1.165) is 30.0 Å². The van der Waals surface area contributed by atoms with E-state index in [0.29, 0.717) is 30.1 Å². The predicted molar refractivity (Wildman–Crippen MR) is 111 cm³/mol. The van der Waals surface area contributed by atoms with Crippen LogP contribution in [0.3, 0.4) is 0 Å². The van der Waals surface area contributed by atoms with Crippen molar-refractivity contribution < 1.29 is 9.53 Å². The fraction of sp³-hybridized carbons (Fsp3) is 0.476. The molecule has 0 aliphatic heterocycles. The number of thioether (sulfide) groups is 1. The van der Waals surface area contributed by atoms with E-state index in [2.05, 4.69) is 22.1 Å². The molecule has 0 radical (unpaired) electrons. The van der Waals surface area contributed by atoms with Crippen molar-refractivity contribution in [2.24, 2.45) is 0 Å². The average Bonchev–Trinajstić information content (AvgIpc) is 3.08. The van der Waals surface area contributed by atoms with E-state index in [1.54, 1.807) is 6.08 Å². The van der Waals surface area contributed by atoms with Gasteiger partial charge in [0.05, 0.1) is 5.75 Å². The van der Waals surface area contributed by atoms with Crippen LogP contribution < -0.4 is 10.1 Å². The van der Waals surface area contributed by atoms with Gasteiger partial charge >= 0.3 is 0 Å². The van der Waals surface area contributed by atoms with Crippen molar-refractivity contribution in [2.75, 3.05) is 5.75 Å². The molecular formula is C21H28N4O2S. The second-order valence-electron chi connectivity index (χ2n) is 7.04. The van der Waals surface area contributed by atoms with Gasteiger partial charge < -0.3 is 10.1 Å². The van der Waals surface area contributed by atoms with E-state index in [-0.39, 0.29) is 5.91 Å². The molecule has 1 N–H and O–H groups in total. The van der Waals surface area contributed by atoms with Crippen molar-refractivity contribution in [3.05, 3.63) is 48.3 Å². The molecule has 28 heavy (non-hydrogen) atoms. The number of benzene rings is 1. The Morgan fingerprint density at radius 3 is 2.86 bits per heavy atom. The normalized spacial score (nSPS) is 14.6. The lowest BCUT2D eigenvalue weighted by molar-refractivity contribution is -0.119. The Balaban J connectivity index is 1.57. The molecule has 2 aromatic rings. The summed E-state index contributed by atoms with van der Waals surface area (Å²) in [6, 6.07) is 8.20. The van der Waals surface area contributed by atoms with E-state index >= 15 is 0 Å². The van der Waals surface area contributed by atoms with Gasteiger partial charge in [-0.2, -0.15) is 0 Å². The fourth-order valence-corrected chi connectivity index (χ4v) is 4.13. The number of rotatable bonds is 9. The Morgan fingerprint density at radius 2 is 2.11 bits per heavy atom. The zero-order chi connectivity index (χ0) is 19.8. The van der Waals surface area contributed by atoms with E-state index in [9.17, 15) is 4.79 Å². The van der Waals surface area contributed by atoms with Crippen LogP contribution in [-0.2, 0) is 17.9 Å². The van der Waals surface area contributed by atoms with Crippen LogP contribution in [0.25, 0.3) is 0 Å². The zero-order valence-corrected chi connectivity index (χ0v) is 17.2. The van der Waals surface area contributed by atoms with Crippen molar-refractivity contribution in [3.63, 3.8) is 0 Å². The molecule has 6 nitrogen and oxygen atoms in total. The zero-order valence-electron chi connectivity index (χ0n) is 16.4. The molecule has 0 atom stereocenters. The third-order valence-electron chi connectivity index (χ3n) is 4.86.